The highest BCUT2D eigenvalue weighted by Crippen LogP contribution is 2.20. The molecule has 8 heteroatoms. The summed E-state index contributed by atoms with van der Waals surface area (Å²) >= 11 is 0. The van der Waals surface area contributed by atoms with Crippen molar-refractivity contribution in [1.29, 1.82) is 0 Å². The molecule has 2 aromatic carbocycles. The van der Waals surface area contributed by atoms with Gasteiger partial charge in [0.05, 0.1) is 25.3 Å². The van der Waals surface area contributed by atoms with E-state index in [1.165, 1.54) is 29.8 Å². The number of rotatable bonds is 7. The summed E-state index contributed by atoms with van der Waals surface area (Å²) in [6.45, 7) is 1.85. The van der Waals surface area contributed by atoms with E-state index in [4.69, 9.17) is 4.74 Å². The molecular formula is C24H23FN4O3. The molecule has 0 aliphatic carbocycles. The fraction of sp³-hybridized carbons (Fsp3) is 0.208. The molecule has 0 saturated carbocycles. The Bertz CT molecular complexity index is 1310. The maximum absolute atomic E-state index is 14.0. The van der Waals surface area contributed by atoms with Crippen molar-refractivity contribution in [2.75, 3.05) is 7.11 Å². The number of carbonyl (C=O) groups excluding carboxylic acids is 1. The van der Waals surface area contributed by atoms with Gasteiger partial charge in [-0.05, 0) is 30.2 Å². The Hall–Kier alpha value is -3.94. The van der Waals surface area contributed by atoms with Crippen molar-refractivity contribution in [3.05, 3.63) is 99.3 Å². The van der Waals surface area contributed by atoms with Crippen LogP contribution in [0.4, 0.5) is 4.39 Å². The Morgan fingerprint density at radius 2 is 1.97 bits per heavy atom. The fourth-order valence-electron chi connectivity index (χ4n) is 3.66. The number of benzene rings is 2. The van der Waals surface area contributed by atoms with Gasteiger partial charge in [0.1, 0.15) is 0 Å². The van der Waals surface area contributed by atoms with Gasteiger partial charge >= 0.3 is 0 Å². The van der Waals surface area contributed by atoms with Gasteiger partial charge < -0.3 is 10.1 Å². The van der Waals surface area contributed by atoms with Crippen molar-refractivity contribution >= 4 is 11.6 Å². The van der Waals surface area contributed by atoms with Crippen LogP contribution < -0.4 is 15.6 Å². The average Bonchev–Trinajstić information content (AvgIpc) is 3.15. The van der Waals surface area contributed by atoms with Crippen LogP contribution in [0.25, 0.3) is 5.65 Å². The smallest absolute Gasteiger partial charge is 0.272 e. The molecule has 0 aliphatic heterocycles. The summed E-state index contributed by atoms with van der Waals surface area (Å²) in [6, 6.07) is 16.8. The number of carbonyl (C=O) groups is 1. The normalized spacial score (nSPS) is 12.0. The van der Waals surface area contributed by atoms with E-state index in [1.807, 2.05) is 37.3 Å². The molecule has 164 valence electrons. The van der Waals surface area contributed by atoms with Crippen LogP contribution in [-0.4, -0.2) is 27.6 Å². The number of aromatic amines is 1. The highest BCUT2D eigenvalue weighted by Gasteiger charge is 2.18. The van der Waals surface area contributed by atoms with Gasteiger partial charge in [-0.1, -0.05) is 36.4 Å². The van der Waals surface area contributed by atoms with Gasteiger partial charge in [0.2, 0.25) is 5.91 Å². The third-order valence-corrected chi connectivity index (χ3v) is 5.16. The first kappa shape index (κ1) is 21.3. The van der Waals surface area contributed by atoms with Gasteiger partial charge in [0.25, 0.3) is 5.56 Å². The molecule has 4 rings (SSSR count). The molecule has 0 spiro atoms. The quantitative estimate of drug-likeness (QED) is 0.468. The predicted octanol–water partition coefficient (Wildman–Crippen LogP) is 3.12. The Morgan fingerprint density at radius 3 is 2.69 bits per heavy atom. The number of fused-ring (bicyclic) bond motifs is 1. The number of aryl methyl sites for hydroxylation is 1. The van der Waals surface area contributed by atoms with E-state index in [1.54, 1.807) is 12.1 Å². The van der Waals surface area contributed by atoms with Crippen molar-refractivity contribution < 1.29 is 13.9 Å². The van der Waals surface area contributed by atoms with Crippen LogP contribution in [0.3, 0.4) is 0 Å². The molecule has 7 nitrogen and oxygen atoms in total. The first-order valence-corrected chi connectivity index (χ1v) is 10.2. The fourth-order valence-corrected chi connectivity index (χ4v) is 3.66. The van der Waals surface area contributed by atoms with Crippen LogP contribution in [0.2, 0.25) is 0 Å². The van der Waals surface area contributed by atoms with E-state index in [-0.39, 0.29) is 23.6 Å². The van der Waals surface area contributed by atoms with E-state index in [0.717, 1.165) is 11.3 Å². The zero-order valence-electron chi connectivity index (χ0n) is 17.8. The number of amides is 1. The number of halogens is 1. The van der Waals surface area contributed by atoms with Gasteiger partial charge in [-0.3, -0.25) is 14.7 Å². The van der Waals surface area contributed by atoms with Crippen LogP contribution in [0.1, 0.15) is 28.6 Å². The highest BCUT2D eigenvalue weighted by atomic mass is 19.1. The monoisotopic (exact) mass is 434 g/mol. The lowest BCUT2D eigenvalue weighted by atomic mass is 10.0. The Labute approximate surface area is 183 Å². The van der Waals surface area contributed by atoms with E-state index in [2.05, 4.69) is 15.4 Å². The van der Waals surface area contributed by atoms with E-state index in [9.17, 15) is 14.0 Å². The summed E-state index contributed by atoms with van der Waals surface area (Å²) < 4.78 is 20.3. The third kappa shape index (κ3) is 4.69. The molecule has 0 fully saturated rings. The first-order chi connectivity index (χ1) is 15.4. The number of methoxy groups -OCH3 is 1. The van der Waals surface area contributed by atoms with Crippen LogP contribution >= 0.6 is 0 Å². The Morgan fingerprint density at radius 1 is 1.19 bits per heavy atom. The molecule has 2 aromatic heterocycles. The lowest BCUT2D eigenvalue weighted by molar-refractivity contribution is -0.121. The summed E-state index contributed by atoms with van der Waals surface area (Å²) in [4.78, 5) is 29.8. The molecule has 0 saturated heterocycles. The van der Waals surface area contributed by atoms with Crippen molar-refractivity contribution in [1.82, 2.24) is 19.9 Å². The number of H-pyrrole nitrogens is 1. The summed E-state index contributed by atoms with van der Waals surface area (Å²) in [5.74, 6) is -0.653. The lowest BCUT2D eigenvalue weighted by Gasteiger charge is -2.19. The standard InChI is InChI=1S/C24H23FN4O3/c1-15-10-22-26-18(14-24(31)29(22)28-15)13-20(17-6-4-3-5-7-17)27-23(30)12-16-8-9-21(32-2)19(25)11-16/h3-11,14,20,28H,12-13H2,1-2H3,(H,27,30)/t20-/m1/s1. The van der Waals surface area contributed by atoms with Crippen LogP contribution in [0.15, 0.2) is 65.5 Å². The molecule has 1 atom stereocenters. The first-order valence-electron chi connectivity index (χ1n) is 10.2. The van der Waals surface area contributed by atoms with Crippen LogP contribution in [-0.2, 0) is 17.6 Å². The molecule has 0 radical (unpaired) electrons. The molecule has 0 unspecified atom stereocenters. The van der Waals surface area contributed by atoms with Crippen molar-refractivity contribution in [3.8, 4) is 5.75 Å². The van der Waals surface area contributed by atoms with Gasteiger partial charge in [-0.2, -0.15) is 0 Å². The summed E-state index contributed by atoms with van der Waals surface area (Å²) in [5, 5.41) is 5.95. The minimum Gasteiger partial charge on any atom is -0.494 e. The summed E-state index contributed by atoms with van der Waals surface area (Å²) in [7, 11) is 1.39. The third-order valence-electron chi connectivity index (χ3n) is 5.16. The second kappa shape index (κ2) is 9.05. The van der Waals surface area contributed by atoms with Crippen molar-refractivity contribution in [2.45, 2.75) is 25.8 Å². The Kier molecular flexibility index (Phi) is 6.02. The zero-order valence-corrected chi connectivity index (χ0v) is 17.8. The maximum atomic E-state index is 14.0. The van der Waals surface area contributed by atoms with E-state index < -0.39 is 11.9 Å². The zero-order chi connectivity index (χ0) is 22.7. The minimum absolute atomic E-state index is 0.0103. The van der Waals surface area contributed by atoms with Crippen LogP contribution in [0, 0.1) is 12.7 Å². The highest BCUT2D eigenvalue weighted by molar-refractivity contribution is 5.79. The van der Waals surface area contributed by atoms with Gasteiger partial charge in [-0.25, -0.2) is 13.9 Å². The van der Waals surface area contributed by atoms with Gasteiger partial charge in [-0.15, -0.1) is 0 Å². The van der Waals surface area contributed by atoms with Gasteiger partial charge in [0.15, 0.2) is 17.2 Å². The molecule has 1 amide bonds. The van der Waals surface area contributed by atoms with Crippen LogP contribution in [0.5, 0.6) is 5.75 Å². The minimum atomic E-state index is -0.516. The Balaban J connectivity index is 1.57. The maximum Gasteiger partial charge on any atom is 0.272 e. The number of nitrogens with one attached hydrogen (secondary N) is 2. The van der Waals surface area contributed by atoms with Crippen molar-refractivity contribution in [2.24, 2.45) is 0 Å². The molecular weight excluding hydrogens is 411 g/mol. The number of aromatic nitrogens is 3. The second-order valence-corrected chi connectivity index (χ2v) is 7.60. The van der Waals surface area contributed by atoms with Gasteiger partial charge in [0, 0.05) is 24.2 Å². The predicted molar refractivity (Wildman–Crippen MR) is 118 cm³/mol. The van der Waals surface area contributed by atoms with Crippen molar-refractivity contribution in [3.63, 3.8) is 0 Å². The molecule has 32 heavy (non-hydrogen) atoms. The number of hydrogen-bond donors (Lipinski definition) is 2. The lowest BCUT2D eigenvalue weighted by Crippen LogP contribution is -2.32. The molecule has 2 N–H and O–H groups in total. The number of ether oxygens (including phenoxy) is 1. The number of nitrogens with zero attached hydrogens (tertiary/aromatic N) is 2. The second-order valence-electron chi connectivity index (χ2n) is 7.60. The summed E-state index contributed by atoms with van der Waals surface area (Å²) in [6.07, 6.45) is 0.346. The molecule has 0 bridgehead atoms. The average molecular weight is 434 g/mol. The van der Waals surface area contributed by atoms with E-state index >= 15 is 0 Å². The SMILES string of the molecule is COc1ccc(CC(=O)N[C@H](Cc2cc(=O)n3[nH]c(C)cc3n2)c2ccccc2)cc1F. The molecule has 0 aliphatic rings. The molecule has 2 heterocycles. The summed E-state index contributed by atoms with van der Waals surface area (Å²) in [5.41, 5.74) is 3.12. The molecule has 4 aromatic rings. The largest absolute Gasteiger partial charge is 0.494 e. The van der Waals surface area contributed by atoms with E-state index in [0.29, 0.717) is 23.3 Å². The number of hydrogen-bond acceptors (Lipinski definition) is 4. The topological polar surface area (TPSA) is 88.5 Å².